The minimum absolute atomic E-state index is 0.0727. The molecule has 1 heterocycles. The lowest BCUT2D eigenvalue weighted by Crippen LogP contribution is -2.44. The highest BCUT2D eigenvalue weighted by molar-refractivity contribution is 7.89. The molecule has 1 aliphatic rings. The van der Waals surface area contributed by atoms with Gasteiger partial charge in [0, 0.05) is 45.0 Å². The Morgan fingerprint density at radius 1 is 1.07 bits per heavy atom. The van der Waals surface area contributed by atoms with Crippen molar-refractivity contribution in [1.29, 1.82) is 0 Å². The molecule has 2 unspecified atom stereocenters. The van der Waals surface area contributed by atoms with Crippen LogP contribution in [0, 0.1) is 0 Å². The molecule has 30 heavy (non-hydrogen) atoms. The van der Waals surface area contributed by atoms with Gasteiger partial charge in [0.1, 0.15) is 0 Å². The highest BCUT2D eigenvalue weighted by Crippen LogP contribution is 2.20. The number of nitrogens with zero attached hydrogens (tertiary/aromatic N) is 2. The van der Waals surface area contributed by atoms with E-state index in [-0.39, 0.29) is 5.75 Å². The lowest BCUT2D eigenvalue weighted by Gasteiger charge is -2.21. The van der Waals surface area contributed by atoms with Crippen LogP contribution in [-0.4, -0.2) is 51.2 Å². The Morgan fingerprint density at radius 2 is 1.73 bits per heavy atom. The summed E-state index contributed by atoms with van der Waals surface area (Å²) >= 11 is 0. The fraction of sp³-hybridized carbons (Fsp3) is 0.435. The summed E-state index contributed by atoms with van der Waals surface area (Å²) in [5.74, 6) is 0.859. The first-order valence-corrected chi connectivity index (χ1v) is 12.4. The van der Waals surface area contributed by atoms with Crippen molar-refractivity contribution < 1.29 is 8.42 Å². The molecule has 7 heteroatoms. The molecule has 0 radical (unpaired) electrons. The molecule has 2 aromatic carbocycles. The van der Waals surface area contributed by atoms with E-state index in [2.05, 4.69) is 57.8 Å². The number of hydrogen-bond acceptors (Lipinski definition) is 4. The molecule has 0 aromatic heterocycles. The lowest BCUT2D eigenvalue weighted by molar-refractivity contribution is 0.258. The van der Waals surface area contributed by atoms with Gasteiger partial charge in [0.05, 0.1) is 5.75 Å². The molecule has 3 rings (SSSR count). The van der Waals surface area contributed by atoms with Crippen LogP contribution in [0.5, 0.6) is 0 Å². The highest BCUT2D eigenvalue weighted by Gasteiger charge is 2.29. The Labute approximate surface area is 180 Å². The average molecular weight is 429 g/mol. The van der Waals surface area contributed by atoms with E-state index in [1.54, 1.807) is 7.05 Å². The fourth-order valence-electron chi connectivity index (χ4n) is 3.87. The van der Waals surface area contributed by atoms with Crippen LogP contribution >= 0.6 is 0 Å². The number of rotatable bonds is 7. The van der Waals surface area contributed by atoms with Gasteiger partial charge in [-0.3, -0.25) is 9.89 Å². The zero-order chi connectivity index (χ0) is 21.6. The summed E-state index contributed by atoms with van der Waals surface area (Å²) in [7, 11) is -1.23. The molecular weight excluding hydrogens is 396 g/mol. The fourth-order valence-corrected chi connectivity index (χ4v) is 4.67. The Morgan fingerprint density at radius 3 is 2.37 bits per heavy atom. The average Bonchev–Trinajstić information content (AvgIpc) is 3.04. The molecule has 162 valence electrons. The number of sulfone groups is 1. The molecule has 0 spiro atoms. The van der Waals surface area contributed by atoms with Crippen molar-refractivity contribution in [2.45, 2.75) is 44.3 Å². The molecule has 0 aliphatic carbocycles. The van der Waals surface area contributed by atoms with Gasteiger partial charge >= 0.3 is 0 Å². The van der Waals surface area contributed by atoms with Gasteiger partial charge in [-0.15, -0.1) is 0 Å². The zero-order valence-corrected chi connectivity index (χ0v) is 18.8. The summed E-state index contributed by atoms with van der Waals surface area (Å²) < 4.78 is 22.8. The van der Waals surface area contributed by atoms with Gasteiger partial charge < -0.3 is 10.6 Å². The number of guanidine groups is 1. The van der Waals surface area contributed by atoms with Crippen LogP contribution in [0.3, 0.4) is 0 Å². The Hall–Kier alpha value is -2.38. The quantitative estimate of drug-likeness (QED) is 0.524. The van der Waals surface area contributed by atoms with E-state index < -0.39 is 9.84 Å². The molecule has 2 atom stereocenters. The van der Waals surface area contributed by atoms with Crippen molar-refractivity contribution in [1.82, 2.24) is 15.5 Å². The van der Waals surface area contributed by atoms with Gasteiger partial charge in [-0.2, -0.15) is 0 Å². The molecule has 2 aromatic rings. The van der Waals surface area contributed by atoms with Crippen LogP contribution < -0.4 is 10.6 Å². The molecule has 6 nitrogen and oxygen atoms in total. The maximum atomic E-state index is 11.4. The molecule has 1 saturated heterocycles. The van der Waals surface area contributed by atoms with E-state index in [0.29, 0.717) is 18.6 Å². The smallest absolute Gasteiger partial charge is 0.191 e. The van der Waals surface area contributed by atoms with Crippen molar-refractivity contribution in [3.05, 3.63) is 71.3 Å². The van der Waals surface area contributed by atoms with Crippen LogP contribution in [-0.2, 0) is 28.7 Å². The number of likely N-dealkylation sites (tertiary alicyclic amines) is 1. The summed E-state index contributed by atoms with van der Waals surface area (Å²) in [6, 6.07) is 19.1. The van der Waals surface area contributed by atoms with E-state index in [9.17, 15) is 8.42 Å². The van der Waals surface area contributed by atoms with E-state index in [0.717, 1.165) is 36.6 Å². The first-order valence-electron chi connectivity index (χ1n) is 10.3. The number of aliphatic imine (C=N–C) groups is 1. The third kappa shape index (κ3) is 6.85. The van der Waals surface area contributed by atoms with Crippen molar-refractivity contribution in [3.63, 3.8) is 0 Å². The Balaban J connectivity index is 1.49. The van der Waals surface area contributed by atoms with Crippen molar-refractivity contribution in [3.8, 4) is 0 Å². The third-order valence-electron chi connectivity index (χ3n) is 5.41. The van der Waals surface area contributed by atoms with Gasteiger partial charge in [-0.25, -0.2) is 8.42 Å². The molecule has 0 saturated carbocycles. The van der Waals surface area contributed by atoms with Crippen molar-refractivity contribution in [2.75, 3.05) is 19.8 Å². The molecule has 1 aliphatic heterocycles. The highest BCUT2D eigenvalue weighted by atomic mass is 32.2. The Kier molecular flexibility index (Phi) is 7.50. The maximum Gasteiger partial charge on any atom is 0.191 e. The zero-order valence-electron chi connectivity index (χ0n) is 18.0. The van der Waals surface area contributed by atoms with Crippen LogP contribution in [0.1, 0.15) is 30.0 Å². The summed E-state index contributed by atoms with van der Waals surface area (Å²) in [6.07, 6.45) is 2.33. The summed E-state index contributed by atoms with van der Waals surface area (Å²) in [6.45, 7) is 4.86. The van der Waals surface area contributed by atoms with Crippen LogP contribution in [0.15, 0.2) is 59.6 Å². The summed E-state index contributed by atoms with van der Waals surface area (Å²) in [5.41, 5.74) is 3.23. The number of hydrogen-bond donors (Lipinski definition) is 2. The van der Waals surface area contributed by atoms with E-state index >= 15 is 0 Å². The minimum Gasteiger partial charge on any atom is -0.352 e. The summed E-state index contributed by atoms with van der Waals surface area (Å²) in [4.78, 5) is 6.86. The van der Waals surface area contributed by atoms with Crippen LogP contribution in [0.25, 0.3) is 0 Å². The van der Waals surface area contributed by atoms with Crippen molar-refractivity contribution in [2.24, 2.45) is 4.99 Å². The van der Waals surface area contributed by atoms with Gasteiger partial charge in [0.2, 0.25) is 0 Å². The molecule has 1 fully saturated rings. The maximum absolute atomic E-state index is 11.4. The first-order chi connectivity index (χ1) is 14.3. The van der Waals surface area contributed by atoms with Gasteiger partial charge in [0.15, 0.2) is 15.8 Å². The standard InChI is InChI=1S/C23H32N4O2S/c1-18-13-22(16-27(18)15-20-7-5-4-6-8-20)26-23(24-2)25-14-19-9-11-21(12-10-19)17-30(3,28)29/h4-12,18,22H,13-17H2,1-3H3,(H2,24,25,26). The van der Waals surface area contributed by atoms with E-state index in [4.69, 9.17) is 0 Å². The van der Waals surface area contributed by atoms with Crippen LogP contribution in [0.2, 0.25) is 0 Å². The second kappa shape index (κ2) is 10.1. The molecule has 0 bridgehead atoms. The topological polar surface area (TPSA) is 73.8 Å². The molecule has 2 N–H and O–H groups in total. The predicted molar refractivity (Wildman–Crippen MR) is 123 cm³/mol. The van der Waals surface area contributed by atoms with Crippen molar-refractivity contribution >= 4 is 15.8 Å². The molecule has 0 amide bonds. The largest absolute Gasteiger partial charge is 0.352 e. The van der Waals surface area contributed by atoms with Gasteiger partial charge in [-0.05, 0) is 30.0 Å². The monoisotopic (exact) mass is 428 g/mol. The number of nitrogens with one attached hydrogen (secondary N) is 2. The van der Waals surface area contributed by atoms with Crippen LogP contribution in [0.4, 0.5) is 0 Å². The Bertz CT molecular complexity index is 943. The minimum atomic E-state index is -3.01. The van der Waals surface area contributed by atoms with Gasteiger partial charge in [0.25, 0.3) is 0 Å². The first kappa shape index (κ1) is 22.3. The lowest BCUT2D eigenvalue weighted by atomic mass is 10.1. The van der Waals surface area contributed by atoms with Gasteiger partial charge in [-0.1, -0.05) is 54.6 Å². The normalized spacial score (nSPS) is 20.3. The predicted octanol–water partition coefficient (Wildman–Crippen LogP) is 2.56. The SMILES string of the molecule is CN=C(NCc1ccc(CS(C)(=O)=O)cc1)NC1CC(C)N(Cc2ccccc2)C1. The second-order valence-electron chi connectivity index (χ2n) is 8.15. The van der Waals surface area contributed by atoms with E-state index in [1.807, 2.05) is 24.3 Å². The second-order valence-corrected chi connectivity index (χ2v) is 10.3. The summed E-state index contributed by atoms with van der Waals surface area (Å²) in [5, 5.41) is 6.90. The molecular formula is C23H32N4O2S. The number of benzene rings is 2. The third-order valence-corrected chi connectivity index (χ3v) is 6.27. The van der Waals surface area contributed by atoms with E-state index in [1.165, 1.54) is 11.8 Å².